The van der Waals surface area contributed by atoms with E-state index in [0.717, 1.165) is 0 Å². The molecule has 0 fully saturated rings. The van der Waals surface area contributed by atoms with Gasteiger partial charge in [0.15, 0.2) is 0 Å². The molecule has 2 heteroatoms. The van der Waals surface area contributed by atoms with E-state index in [1.165, 1.54) is 115 Å². The van der Waals surface area contributed by atoms with Crippen molar-refractivity contribution >= 4 is 0 Å². The van der Waals surface area contributed by atoms with E-state index in [9.17, 15) is 0 Å². The number of hydrogen-bond donors (Lipinski definition) is 0. The van der Waals surface area contributed by atoms with Crippen LogP contribution in [0.15, 0.2) is 12.4 Å². The Morgan fingerprint density at radius 2 is 1.16 bits per heavy atom. The Balaban J connectivity index is 1.96. The van der Waals surface area contributed by atoms with Crippen molar-refractivity contribution in [2.45, 2.75) is 130 Å². The number of aryl methyl sites for hydroxylation is 2. The lowest BCUT2D eigenvalue weighted by Gasteiger charge is -2.03. The van der Waals surface area contributed by atoms with Gasteiger partial charge in [-0.2, -0.15) is 0 Å². The summed E-state index contributed by atoms with van der Waals surface area (Å²) in [6, 6.07) is 0. The van der Waals surface area contributed by atoms with Crippen LogP contribution in [-0.2, 0) is 13.1 Å². The molecule has 25 heavy (non-hydrogen) atoms. The van der Waals surface area contributed by atoms with Crippen LogP contribution in [0, 0.1) is 6.92 Å². The average molecular weight is 350 g/mol. The third kappa shape index (κ3) is 10.7. The average Bonchev–Trinajstić information content (AvgIpc) is 2.96. The van der Waals surface area contributed by atoms with Gasteiger partial charge in [0.2, 0.25) is 0 Å². The van der Waals surface area contributed by atoms with E-state index in [1.54, 1.807) is 0 Å². The second kappa shape index (κ2) is 15.5. The fourth-order valence-corrected chi connectivity index (χ4v) is 3.67. The van der Waals surface area contributed by atoms with Gasteiger partial charge in [0.25, 0.3) is 5.82 Å². The summed E-state index contributed by atoms with van der Waals surface area (Å²) in [5.74, 6) is 1.43. The van der Waals surface area contributed by atoms with Crippen molar-refractivity contribution in [1.29, 1.82) is 0 Å². The first kappa shape index (κ1) is 22.3. The molecule has 0 aliphatic heterocycles. The van der Waals surface area contributed by atoms with E-state index in [-0.39, 0.29) is 0 Å². The van der Waals surface area contributed by atoms with Crippen molar-refractivity contribution in [3.63, 3.8) is 0 Å². The van der Waals surface area contributed by atoms with Crippen molar-refractivity contribution < 1.29 is 4.57 Å². The van der Waals surface area contributed by atoms with E-state index in [0.29, 0.717) is 0 Å². The van der Waals surface area contributed by atoms with Gasteiger partial charge in [-0.15, -0.1) is 0 Å². The Morgan fingerprint density at radius 1 is 0.680 bits per heavy atom. The summed E-state index contributed by atoms with van der Waals surface area (Å²) in [6.07, 6.45) is 25.6. The highest BCUT2D eigenvalue weighted by molar-refractivity contribution is 4.79. The predicted octanol–water partition coefficient (Wildman–Crippen LogP) is 6.98. The minimum absolute atomic E-state index is 1.19. The summed E-state index contributed by atoms with van der Waals surface area (Å²) in [5.41, 5.74) is 0. The quantitative estimate of drug-likeness (QED) is 0.212. The monoisotopic (exact) mass is 349 g/mol. The van der Waals surface area contributed by atoms with Gasteiger partial charge in [-0.3, -0.25) is 0 Å². The fraction of sp³-hybridized carbons (Fsp3) is 0.870. The van der Waals surface area contributed by atoms with E-state index in [1.807, 2.05) is 0 Å². The molecule has 0 aliphatic carbocycles. The number of aromatic nitrogens is 2. The number of hydrogen-bond acceptors (Lipinski definition) is 0. The highest BCUT2D eigenvalue weighted by Crippen LogP contribution is 2.12. The summed E-state index contributed by atoms with van der Waals surface area (Å²) >= 11 is 0. The first-order chi connectivity index (χ1) is 12.3. The topological polar surface area (TPSA) is 8.81 Å². The molecule has 0 saturated carbocycles. The maximum absolute atomic E-state index is 2.45. The van der Waals surface area contributed by atoms with Crippen molar-refractivity contribution in [1.82, 2.24) is 4.57 Å². The summed E-state index contributed by atoms with van der Waals surface area (Å²) in [7, 11) is 0. The molecule has 0 bridgehead atoms. The zero-order valence-corrected chi connectivity index (χ0v) is 17.6. The van der Waals surface area contributed by atoms with Crippen molar-refractivity contribution in [2.75, 3.05) is 0 Å². The molecule has 2 nitrogen and oxygen atoms in total. The predicted molar refractivity (Wildman–Crippen MR) is 110 cm³/mol. The largest absolute Gasteiger partial charge is 0.253 e. The number of nitrogens with zero attached hydrogens (tertiary/aromatic N) is 2. The Bertz CT molecular complexity index is 408. The van der Waals surface area contributed by atoms with Gasteiger partial charge >= 0.3 is 0 Å². The maximum Gasteiger partial charge on any atom is 0.253 e. The first-order valence-corrected chi connectivity index (χ1v) is 11.3. The Morgan fingerprint density at radius 3 is 1.72 bits per heavy atom. The van der Waals surface area contributed by atoms with Crippen LogP contribution in [0.2, 0.25) is 0 Å². The van der Waals surface area contributed by atoms with E-state index >= 15 is 0 Å². The molecule has 0 aromatic carbocycles. The Labute approximate surface area is 158 Å². The maximum atomic E-state index is 2.45. The van der Waals surface area contributed by atoms with Crippen LogP contribution >= 0.6 is 0 Å². The highest BCUT2D eigenvalue weighted by atomic mass is 15.1. The summed E-state index contributed by atoms with van der Waals surface area (Å²) in [6.45, 7) is 9.22. The van der Waals surface area contributed by atoms with Crippen LogP contribution in [0.25, 0.3) is 0 Å². The van der Waals surface area contributed by atoms with Crippen LogP contribution in [0.4, 0.5) is 0 Å². The molecule has 0 spiro atoms. The first-order valence-electron chi connectivity index (χ1n) is 11.3. The van der Waals surface area contributed by atoms with Gasteiger partial charge in [0.1, 0.15) is 12.4 Å². The van der Waals surface area contributed by atoms with Crippen LogP contribution in [0.3, 0.4) is 0 Å². The molecule has 146 valence electrons. The zero-order chi connectivity index (χ0) is 18.2. The van der Waals surface area contributed by atoms with Crippen molar-refractivity contribution in [3.05, 3.63) is 18.2 Å². The lowest BCUT2D eigenvalue weighted by molar-refractivity contribution is -0.702. The molecule has 1 aromatic heterocycles. The van der Waals surface area contributed by atoms with Crippen molar-refractivity contribution in [2.24, 2.45) is 0 Å². The van der Waals surface area contributed by atoms with E-state index in [2.05, 4.69) is 42.3 Å². The zero-order valence-electron chi connectivity index (χ0n) is 17.6. The normalized spacial score (nSPS) is 11.3. The van der Waals surface area contributed by atoms with Crippen LogP contribution in [-0.4, -0.2) is 4.57 Å². The van der Waals surface area contributed by atoms with Crippen molar-refractivity contribution in [3.8, 4) is 0 Å². The second-order valence-corrected chi connectivity index (χ2v) is 7.83. The third-order valence-corrected chi connectivity index (χ3v) is 5.51. The molecule has 1 aromatic rings. The van der Waals surface area contributed by atoms with Crippen LogP contribution in [0.1, 0.15) is 116 Å². The molecule has 0 aliphatic rings. The third-order valence-electron chi connectivity index (χ3n) is 5.51. The van der Waals surface area contributed by atoms with Gasteiger partial charge in [0.05, 0.1) is 13.1 Å². The van der Waals surface area contributed by atoms with Gasteiger partial charge in [-0.1, -0.05) is 84.5 Å². The van der Waals surface area contributed by atoms with Gasteiger partial charge < -0.3 is 0 Å². The Hall–Kier alpha value is -0.790. The molecular weight excluding hydrogens is 304 g/mol. The van der Waals surface area contributed by atoms with Crippen LogP contribution < -0.4 is 4.57 Å². The minimum atomic E-state index is 1.19. The van der Waals surface area contributed by atoms with E-state index in [4.69, 9.17) is 0 Å². The van der Waals surface area contributed by atoms with E-state index < -0.39 is 0 Å². The fourth-order valence-electron chi connectivity index (χ4n) is 3.67. The molecule has 1 rings (SSSR count). The molecule has 1 heterocycles. The second-order valence-electron chi connectivity index (χ2n) is 7.83. The number of rotatable bonds is 17. The molecule has 0 amide bonds. The number of unbranched alkanes of at least 4 members (excludes halogenated alkanes) is 13. The standard InChI is InChI=1S/C23H45N2/c1-4-6-8-9-10-11-12-13-14-15-16-18-20-25-22-21-24(23(25)3)19-17-7-5-2/h21-22H,4-20H2,1-3H3/q+1. The van der Waals surface area contributed by atoms with Gasteiger partial charge in [-0.05, 0) is 25.7 Å². The highest BCUT2D eigenvalue weighted by Gasteiger charge is 2.10. The molecule has 0 N–H and O–H groups in total. The van der Waals surface area contributed by atoms with Crippen LogP contribution in [0.5, 0.6) is 0 Å². The smallest absolute Gasteiger partial charge is 0.234 e. The number of imidazole rings is 1. The molecular formula is C23H45N2+. The Kier molecular flexibility index (Phi) is 13.8. The molecule has 0 radical (unpaired) electrons. The SMILES string of the molecule is CCCCCCCCCCCCCCn1cc[n+](CCCCC)c1C. The minimum Gasteiger partial charge on any atom is -0.234 e. The lowest BCUT2D eigenvalue weighted by Crippen LogP contribution is -2.35. The summed E-state index contributed by atoms with van der Waals surface area (Å²) < 4.78 is 4.87. The molecule has 0 unspecified atom stereocenters. The summed E-state index contributed by atoms with van der Waals surface area (Å²) in [4.78, 5) is 0. The lowest BCUT2D eigenvalue weighted by atomic mass is 10.1. The molecule has 0 atom stereocenters. The van der Waals surface area contributed by atoms with Gasteiger partial charge in [-0.25, -0.2) is 9.13 Å². The summed E-state index contributed by atoms with van der Waals surface area (Å²) in [5, 5.41) is 0. The van der Waals surface area contributed by atoms with Gasteiger partial charge in [0, 0.05) is 6.92 Å². The molecule has 0 saturated heterocycles.